The average Bonchev–Trinajstić information content (AvgIpc) is 3.32. The number of piperidine rings is 1. The molecule has 26 heavy (non-hydrogen) atoms. The lowest BCUT2D eigenvalue weighted by atomic mass is 9.97. The summed E-state index contributed by atoms with van der Waals surface area (Å²) in [4.78, 5) is 23.1. The number of likely N-dealkylation sites (tertiary alicyclic amines) is 1. The first-order valence-corrected chi connectivity index (χ1v) is 9.45. The number of para-hydroxylation sites is 2. The van der Waals surface area contributed by atoms with E-state index in [1.807, 2.05) is 33.7 Å². The van der Waals surface area contributed by atoms with Crippen LogP contribution in [0.15, 0.2) is 24.3 Å². The molecular formula is C19H22N6O. The van der Waals surface area contributed by atoms with E-state index in [9.17, 15) is 4.79 Å². The van der Waals surface area contributed by atoms with Gasteiger partial charge in [-0.1, -0.05) is 12.1 Å². The molecule has 7 heteroatoms. The summed E-state index contributed by atoms with van der Waals surface area (Å²) in [6.07, 6.45) is 5.16. The number of carbonyl (C=O) groups excluding carboxylic acids is 1. The Labute approximate surface area is 151 Å². The smallest absolute Gasteiger partial charge is 0.291 e. The Morgan fingerprint density at radius 2 is 2.04 bits per heavy atom. The molecule has 1 fully saturated rings. The van der Waals surface area contributed by atoms with Gasteiger partial charge in [0.1, 0.15) is 11.6 Å². The van der Waals surface area contributed by atoms with Gasteiger partial charge in [0, 0.05) is 32.0 Å². The normalized spacial score (nSPS) is 20.3. The number of fused-ring (bicyclic) bond motifs is 2. The summed E-state index contributed by atoms with van der Waals surface area (Å²) in [7, 11) is 0. The van der Waals surface area contributed by atoms with Gasteiger partial charge in [0.2, 0.25) is 5.82 Å². The minimum Gasteiger partial charge on any atom is -0.342 e. The molecule has 7 nitrogen and oxygen atoms in total. The van der Waals surface area contributed by atoms with E-state index in [0.717, 1.165) is 67.9 Å². The molecule has 0 aliphatic carbocycles. The van der Waals surface area contributed by atoms with Crippen LogP contribution in [0.2, 0.25) is 0 Å². The van der Waals surface area contributed by atoms with Crippen molar-refractivity contribution < 1.29 is 4.79 Å². The van der Waals surface area contributed by atoms with Crippen LogP contribution in [0.5, 0.6) is 0 Å². The monoisotopic (exact) mass is 350 g/mol. The fourth-order valence-electron chi connectivity index (χ4n) is 4.16. The van der Waals surface area contributed by atoms with Gasteiger partial charge in [-0.3, -0.25) is 4.79 Å². The van der Waals surface area contributed by atoms with E-state index in [-0.39, 0.29) is 11.8 Å². The van der Waals surface area contributed by atoms with Crippen LogP contribution in [0, 0.1) is 0 Å². The number of rotatable bonds is 2. The Morgan fingerprint density at radius 3 is 2.96 bits per heavy atom. The lowest BCUT2D eigenvalue weighted by molar-refractivity contribution is 0.0686. The standard InChI is InChI=1S/C19H22N6O/c26-19(18-23-22-16-9-3-4-11-25(16)18)24-10-5-6-13(12-24)17-20-14-7-1-2-8-15(14)21-17/h1-2,7-8,13H,3-6,9-12H2,(H,20,21)/t13-/m1/s1. The third-order valence-corrected chi connectivity index (χ3v) is 5.55. The number of nitrogens with zero attached hydrogens (tertiary/aromatic N) is 5. The van der Waals surface area contributed by atoms with Crippen molar-refractivity contribution in [1.29, 1.82) is 0 Å². The maximum atomic E-state index is 13.1. The van der Waals surface area contributed by atoms with E-state index < -0.39 is 0 Å². The molecule has 4 heterocycles. The zero-order valence-corrected chi connectivity index (χ0v) is 14.7. The molecular weight excluding hydrogens is 328 g/mol. The first kappa shape index (κ1) is 15.5. The molecule has 0 bridgehead atoms. The Bertz CT molecular complexity index is 925. The van der Waals surface area contributed by atoms with Crippen LogP contribution in [0.3, 0.4) is 0 Å². The highest BCUT2D eigenvalue weighted by Gasteiger charge is 2.31. The summed E-state index contributed by atoms with van der Waals surface area (Å²) in [5.41, 5.74) is 2.04. The molecule has 134 valence electrons. The molecule has 0 radical (unpaired) electrons. The number of amides is 1. The van der Waals surface area contributed by atoms with Gasteiger partial charge in [0.05, 0.1) is 11.0 Å². The van der Waals surface area contributed by atoms with Gasteiger partial charge >= 0.3 is 0 Å². The SMILES string of the molecule is O=C(c1nnc2n1CCCC2)N1CCC[C@@H](c2nc3ccccc3[nH]2)C1. The van der Waals surface area contributed by atoms with Gasteiger partial charge in [-0.05, 0) is 37.8 Å². The Morgan fingerprint density at radius 1 is 1.12 bits per heavy atom. The average molecular weight is 350 g/mol. The van der Waals surface area contributed by atoms with Crippen LogP contribution in [-0.4, -0.2) is 48.6 Å². The predicted octanol–water partition coefficient (Wildman–Crippen LogP) is 2.51. The van der Waals surface area contributed by atoms with Crippen LogP contribution < -0.4 is 0 Å². The molecule has 1 aromatic carbocycles. The number of aryl methyl sites for hydroxylation is 1. The molecule has 3 aromatic rings. The van der Waals surface area contributed by atoms with Crippen molar-refractivity contribution >= 4 is 16.9 Å². The zero-order chi connectivity index (χ0) is 17.5. The van der Waals surface area contributed by atoms with Crippen LogP contribution >= 0.6 is 0 Å². The van der Waals surface area contributed by atoms with Gasteiger partial charge < -0.3 is 14.5 Å². The van der Waals surface area contributed by atoms with Crippen molar-refractivity contribution in [3.8, 4) is 0 Å². The molecule has 2 aliphatic rings. The number of hydrogen-bond donors (Lipinski definition) is 1. The van der Waals surface area contributed by atoms with Crippen molar-refractivity contribution in [3.05, 3.63) is 41.7 Å². The Kier molecular flexibility index (Phi) is 3.72. The third kappa shape index (κ3) is 2.58. The van der Waals surface area contributed by atoms with Crippen LogP contribution in [0.4, 0.5) is 0 Å². The molecule has 2 aromatic heterocycles. The molecule has 0 unspecified atom stereocenters. The molecule has 1 atom stereocenters. The Balaban J connectivity index is 1.38. The Hall–Kier alpha value is -2.70. The van der Waals surface area contributed by atoms with Gasteiger partial charge in [-0.15, -0.1) is 10.2 Å². The lowest BCUT2D eigenvalue weighted by Gasteiger charge is -2.31. The molecule has 1 saturated heterocycles. The van der Waals surface area contributed by atoms with E-state index in [1.165, 1.54) is 0 Å². The van der Waals surface area contributed by atoms with E-state index in [2.05, 4.69) is 15.2 Å². The molecule has 2 aliphatic heterocycles. The minimum atomic E-state index is 0.00598. The van der Waals surface area contributed by atoms with Gasteiger partial charge in [-0.2, -0.15) is 0 Å². The maximum Gasteiger partial charge on any atom is 0.291 e. The summed E-state index contributed by atoms with van der Waals surface area (Å²) in [5, 5.41) is 8.43. The van der Waals surface area contributed by atoms with Gasteiger partial charge in [0.15, 0.2) is 0 Å². The fraction of sp³-hybridized carbons (Fsp3) is 0.474. The molecule has 0 spiro atoms. The number of imidazole rings is 1. The quantitative estimate of drug-likeness (QED) is 0.770. The minimum absolute atomic E-state index is 0.00598. The summed E-state index contributed by atoms with van der Waals surface area (Å²) < 4.78 is 2.01. The van der Waals surface area contributed by atoms with Crippen LogP contribution in [0.25, 0.3) is 11.0 Å². The third-order valence-electron chi connectivity index (χ3n) is 5.55. The van der Waals surface area contributed by atoms with Crippen molar-refractivity contribution in [2.75, 3.05) is 13.1 Å². The molecule has 1 N–H and O–H groups in total. The predicted molar refractivity (Wildman–Crippen MR) is 96.9 cm³/mol. The van der Waals surface area contributed by atoms with Gasteiger partial charge in [-0.25, -0.2) is 4.98 Å². The maximum absolute atomic E-state index is 13.1. The number of nitrogens with one attached hydrogen (secondary N) is 1. The summed E-state index contributed by atoms with van der Waals surface area (Å²) in [5.74, 6) is 2.68. The highest BCUT2D eigenvalue weighted by molar-refractivity contribution is 5.91. The number of hydrogen-bond acceptors (Lipinski definition) is 4. The first-order chi connectivity index (χ1) is 12.8. The topological polar surface area (TPSA) is 79.7 Å². The van der Waals surface area contributed by atoms with E-state index >= 15 is 0 Å². The van der Waals surface area contributed by atoms with Crippen molar-refractivity contribution in [2.45, 2.75) is 44.6 Å². The first-order valence-electron chi connectivity index (χ1n) is 9.45. The largest absolute Gasteiger partial charge is 0.342 e. The number of H-pyrrole nitrogens is 1. The zero-order valence-electron chi connectivity index (χ0n) is 14.7. The summed E-state index contributed by atoms with van der Waals surface area (Å²) in [6, 6.07) is 8.07. The molecule has 0 saturated carbocycles. The lowest BCUT2D eigenvalue weighted by Crippen LogP contribution is -2.40. The second-order valence-corrected chi connectivity index (χ2v) is 7.28. The van der Waals surface area contributed by atoms with Crippen LogP contribution in [0.1, 0.15) is 53.9 Å². The number of carbonyl (C=O) groups is 1. The number of aromatic nitrogens is 5. The van der Waals surface area contributed by atoms with Crippen LogP contribution in [-0.2, 0) is 13.0 Å². The number of benzene rings is 1. The fourth-order valence-corrected chi connectivity index (χ4v) is 4.16. The van der Waals surface area contributed by atoms with Gasteiger partial charge in [0.25, 0.3) is 5.91 Å². The second kappa shape index (κ2) is 6.23. The van der Waals surface area contributed by atoms with E-state index in [4.69, 9.17) is 4.98 Å². The summed E-state index contributed by atoms with van der Waals surface area (Å²) >= 11 is 0. The summed E-state index contributed by atoms with van der Waals surface area (Å²) in [6.45, 7) is 2.31. The van der Waals surface area contributed by atoms with E-state index in [0.29, 0.717) is 12.4 Å². The highest BCUT2D eigenvalue weighted by Crippen LogP contribution is 2.28. The molecule has 1 amide bonds. The number of aromatic amines is 1. The highest BCUT2D eigenvalue weighted by atomic mass is 16.2. The van der Waals surface area contributed by atoms with E-state index in [1.54, 1.807) is 0 Å². The molecule has 5 rings (SSSR count). The second-order valence-electron chi connectivity index (χ2n) is 7.28. The van der Waals surface area contributed by atoms with Crippen molar-refractivity contribution in [2.24, 2.45) is 0 Å². The van der Waals surface area contributed by atoms with Crippen molar-refractivity contribution in [3.63, 3.8) is 0 Å². The van der Waals surface area contributed by atoms with Crippen molar-refractivity contribution in [1.82, 2.24) is 29.6 Å².